The van der Waals surface area contributed by atoms with Gasteiger partial charge in [-0.15, -0.1) is 0 Å². The van der Waals surface area contributed by atoms with Crippen LogP contribution in [0.15, 0.2) is 0 Å². The fourth-order valence-electron chi connectivity index (χ4n) is 1.36. The molecule has 0 aromatic rings. The SMILES string of the molecule is CCC(C)(C(=O)I)C(C)(C)CC=N. The molecule has 0 aliphatic carbocycles. The molecule has 1 N–H and O–H groups in total. The second kappa shape index (κ2) is 4.53. The van der Waals surface area contributed by atoms with Crippen LogP contribution in [0.3, 0.4) is 0 Å². The molecule has 2 nitrogen and oxygen atoms in total. The minimum atomic E-state index is -0.314. The Balaban J connectivity index is 4.93. The Labute approximate surface area is 94.1 Å². The predicted octanol–water partition coefficient (Wildman–Crippen LogP) is 3.43. The fourth-order valence-corrected chi connectivity index (χ4v) is 2.48. The Morgan fingerprint density at radius 2 is 1.92 bits per heavy atom. The van der Waals surface area contributed by atoms with Crippen LogP contribution < -0.4 is 0 Å². The normalized spacial score (nSPS) is 16.4. The van der Waals surface area contributed by atoms with Crippen molar-refractivity contribution in [1.82, 2.24) is 0 Å². The van der Waals surface area contributed by atoms with Crippen LogP contribution in [0.5, 0.6) is 0 Å². The monoisotopic (exact) mass is 295 g/mol. The third kappa shape index (κ3) is 2.51. The molecule has 1 unspecified atom stereocenters. The van der Waals surface area contributed by atoms with Crippen LogP contribution in [0.2, 0.25) is 0 Å². The molecule has 0 aliphatic heterocycles. The van der Waals surface area contributed by atoms with Crippen LogP contribution in [0, 0.1) is 16.2 Å². The van der Waals surface area contributed by atoms with Crippen molar-refractivity contribution in [3.63, 3.8) is 0 Å². The van der Waals surface area contributed by atoms with E-state index in [4.69, 9.17) is 5.41 Å². The summed E-state index contributed by atoms with van der Waals surface area (Å²) in [7, 11) is 0. The van der Waals surface area contributed by atoms with Crippen LogP contribution >= 0.6 is 22.6 Å². The first-order valence-electron chi connectivity index (χ1n) is 4.50. The molecular weight excluding hydrogens is 277 g/mol. The molecule has 0 fully saturated rings. The maximum Gasteiger partial charge on any atom is 0.198 e. The number of nitrogens with one attached hydrogen (secondary N) is 1. The van der Waals surface area contributed by atoms with Gasteiger partial charge in [0.2, 0.25) is 0 Å². The first-order valence-corrected chi connectivity index (χ1v) is 5.58. The molecule has 3 heteroatoms. The standard InChI is InChI=1S/C10H18INO/c1-5-10(4,8(11)13)9(2,3)6-7-12/h7,12H,5-6H2,1-4H3. The quantitative estimate of drug-likeness (QED) is 0.471. The molecule has 0 radical (unpaired) electrons. The third-order valence-corrected chi connectivity index (χ3v) is 4.44. The molecule has 0 aliphatic rings. The van der Waals surface area contributed by atoms with E-state index in [0.717, 1.165) is 6.42 Å². The lowest BCUT2D eigenvalue weighted by Gasteiger charge is -2.40. The molecule has 0 saturated carbocycles. The second-order valence-electron chi connectivity index (χ2n) is 4.25. The summed E-state index contributed by atoms with van der Waals surface area (Å²) < 4.78 is 0.194. The summed E-state index contributed by atoms with van der Waals surface area (Å²) in [5.41, 5.74) is -0.438. The van der Waals surface area contributed by atoms with Crippen LogP contribution in [-0.4, -0.2) is 10.0 Å². The number of hydrogen-bond acceptors (Lipinski definition) is 2. The van der Waals surface area contributed by atoms with Gasteiger partial charge in [-0.1, -0.05) is 27.7 Å². The molecule has 0 aromatic heterocycles. The Morgan fingerprint density at radius 3 is 2.15 bits per heavy atom. The third-order valence-electron chi connectivity index (χ3n) is 3.25. The maximum absolute atomic E-state index is 11.5. The van der Waals surface area contributed by atoms with E-state index in [-0.39, 0.29) is 14.6 Å². The summed E-state index contributed by atoms with van der Waals surface area (Å²) in [5, 5.41) is 7.12. The summed E-state index contributed by atoms with van der Waals surface area (Å²) >= 11 is 1.87. The zero-order chi connectivity index (χ0) is 10.7. The molecule has 0 saturated heterocycles. The van der Waals surface area contributed by atoms with E-state index in [1.54, 1.807) is 0 Å². The van der Waals surface area contributed by atoms with Gasteiger partial charge in [0.1, 0.15) is 0 Å². The molecule has 76 valence electrons. The average molecular weight is 295 g/mol. The first kappa shape index (κ1) is 13.1. The number of rotatable bonds is 5. The second-order valence-corrected chi connectivity index (χ2v) is 5.23. The highest BCUT2D eigenvalue weighted by molar-refractivity contribution is 14.1. The average Bonchev–Trinajstić information content (AvgIpc) is 2.02. The molecule has 1 atom stereocenters. The van der Waals surface area contributed by atoms with Crippen LogP contribution in [-0.2, 0) is 4.79 Å². The lowest BCUT2D eigenvalue weighted by atomic mass is 9.64. The highest BCUT2D eigenvalue weighted by atomic mass is 127. The summed E-state index contributed by atoms with van der Waals surface area (Å²) in [6.45, 7) is 8.13. The number of hydrogen-bond donors (Lipinski definition) is 1. The van der Waals surface area contributed by atoms with Gasteiger partial charge < -0.3 is 5.41 Å². The van der Waals surface area contributed by atoms with E-state index in [1.165, 1.54) is 6.21 Å². The Hall–Kier alpha value is 0.0700. The van der Waals surface area contributed by atoms with Gasteiger partial charge in [0, 0.05) is 28.0 Å². The fraction of sp³-hybridized carbons (Fsp3) is 0.800. The van der Waals surface area contributed by atoms with Crippen molar-refractivity contribution in [1.29, 1.82) is 5.41 Å². The predicted molar refractivity (Wildman–Crippen MR) is 64.6 cm³/mol. The Morgan fingerprint density at radius 1 is 1.46 bits per heavy atom. The van der Waals surface area contributed by atoms with Crippen LogP contribution in [0.25, 0.3) is 0 Å². The van der Waals surface area contributed by atoms with E-state index in [1.807, 2.05) is 36.4 Å². The van der Waals surface area contributed by atoms with E-state index < -0.39 is 0 Å². The Bertz CT molecular complexity index is 213. The van der Waals surface area contributed by atoms with E-state index in [9.17, 15) is 4.79 Å². The Kier molecular flexibility index (Phi) is 4.55. The number of halogens is 1. The van der Waals surface area contributed by atoms with Crippen molar-refractivity contribution < 1.29 is 4.79 Å². The van der Waals surface area contributed by atoms with Crippen molar-refractivity contribution in [3.8, 4) is 0 Å². The van der Waals surface area contributed by atoms with Gasteiger partial charge >= 0.3 is 0 Å². The largest absolute Gasteiger partial charge is 0.313 e. The van der Waals surface area contributed by atoms with Crippen LogP contribution in [0.1, 0.15) is 40.5 Å². The van der Waals surface area contributed by atoms with Gasteiger partial charge in [0.25, 0.3) is 0 Å². The smallest absolute Gasteiger partial charge is 0.198 e. The highest BCUT2D eigenvalue weighted by Gasteiger charge is 2.43. The first-order chi connectivity index (χ1) is 5.81. The highest BCUT2D eigenvalue weighted by Crippen LogP contribution is 2.45. The molecule has 0 bridgehead atoms. The van der Waals surface area contributed by atoms with Gasteiger partial charge in [-0.25, -0.2) is 0 Å². The minimum Gasteiger partial charge on any atom is -0.313 e. The maximum atomic E-state index is 11.5. The van der Waals surface area contributed by atoms with Crippen molar-refractivity contribution >= 4 is 32.6 Å². The zero-order valence-corrected chi connectivity index (χ0v) is 10.9. The van der Waals surface area contributed by atoms with E-state index >= 15 is 0 Å². The summed E-state index contributed by atoms with van der Waals surface area (Å²) in [5.74, 6) is 0. The lowest BCUT2D eigenvalue weighted by molar-refractivity contribution is -0.123. The van der Waals surface area contributed by atoms with Gasteiger partial charge in [0.15, 0.2) is 3.79 Å². The molecule has 0 aromatic carbocycles. The van der Waals surface area contributed by atoms with E-state index in [2.05, 4.69) is 13.8 Å². The van der Waals surface area contributed by atoms with E-state index in [0.29, 0.717) is 6.42 Å². The zero-order valence-electron chi connectivity index (χ0n) is 8.78. The van der Waals surface area contributed by atoms with Crippen molar-refractivity contribution in [2.45, 2.75) is 40.5 Å². The molecular formula is C10H18INO. The molecule has 13 heavy (non-hydrogen) atoms. The van der Waals surface area contributed by atoms with Crippen molar-refractivity contribution in [2.24, 2.45) is 10.8 Å². The summed E-state index contributed by atoms with van der Waals surface area (Å²) in [6.07, 6.45) is 2.88. The molecule has 0 rings (SSSR count). The van der Waals surface area contributed by atoms with Gasteiger partial charge in [-0.3, -0.25) is 4.79 Å². The van der Waals surface area contributed by atoms with Gasteiger partial charge in [-0.05, 0) is 24.5 Å². The number of carbonyl (C=O) groups is 1. The number of carbonyl (C=O) groups excluding carboxylic acids is 1. The van der Waals surface area contributed by atoms with Gasteiger partial charge in [0.05, 0.1) is 0 Å². The van der Waals surface area contributed by atoms with Crippen molar-refractivity contribution in [3.05, 3.63) is 0 Å². The summed E-state index contributed by atoms with van der Waals surface area (Å²) in [4.78, 5) is 11.5. The van der Waals surface area contributed by atoms with Crippen LogP contribution in [0.4, 0.5) is 0 Å². The van der Waals surface area contributed by atoms with Gasteiger partial charge in [-0.2, -0.15) is 0 Å². The lowest BCUT2D eigenvalue weighted by Crippen LogP contribution is -2.39. The topological polar surface area (TPSA) is 40.9 Å². The molecule has 0 amide bonds. The minimum absolute atomic E-state index is 0.123. The van der Waals surface area contributed by atoms with Crippen molar-refractivity contribution in [2.75, 3.05) is 0 Å². The summed E-state index contributed by atoms with van der Waals surface area (Å²) in [6, 6.07) is 0. The molecule has 0 heterocycles. The molecule has 0 spiro atoms.